The smallest absolute Gasteiger partial charge is 0.371 e. The van der Waals surface area contributed by atoms with E-state index in [2.05, 4.69) is 11.8 Å². The number of carbonyl (C=O) groups excluding carboxylic acids is 2. The number of alkyl halides is 3. The van der Waals surface area contributed by atoms with Crippen LogP contribution >= 0.6 is 11.6 Å². The molecule has 224 valence electrons. The van der Waals surface area contributed by atoms with Gasteiger partial charge in [0.25, 0.3) is 17.4 Å². The maximum Gasteiger partial charge on any atom is 0.430 e. The largest absolute Gasteiger partial charge is 0.430 e. The van der Waals surface area contributed by atoms with E-state index in [4.69, 9.17) is 11.6 Å². The molecule has 2 aliphatic heterocycles. The first-order valence-corrected chi connectivity index (χ1v) is 14.1. The molecule has 41 heavy (non-hydrogen) atoms. The Hall–Kier alpha value is -2.85. The van der Waals surface area contributed by atoms with Crippen LogP contribution in [0.5, 0.6) is 0 Å². The number of nitrogens with zero attached hydrogens (tertiary/aromatic N) is 3. The van der Waals surface area contributed by atoms with Gasteiger partial charge in [0.05, 0.1) is 10.6 Å². The molecule has 2 aromatic rings. The van der Waals surface area contributed by atoms with Gasteiger partial charge >= 0.3 is 6.18 Å². The Bertz CT molecular complexity index is 1270. The minimum Gasteiger partial charge on any atom is -0.371 e. The highest BCUT2D eigenvalue weighted by Crippen LogP contribution is 2.44. The van der Waals surface area contributed by atoms with Crippen molar-refractivity contribution in [2.24, 2.45) is 11.3 Å². The van der Waals surface area contributed by atoms with E-state index in [1.807, 2.05) is 12.1 Å². The summed E-state index contributed by atoms with van der Waals surface area (Å²) in [6.45, 7) is 3.89. The van der Waals surface area contributed by atoms with E-state index in [0.29, 0.717) is 35.4 Å². The Labute approximate surface area is 242 Å². The van der Waals surface area contributed by atoms with Crippen LogP contribution < -0.4 is 4.90 Å². The third-order valence-electron chi connectivity index (χ3n) is 8.57. The van der Waals surface area contributed by atoms with Gasteiger partial charge in [-0.25, -0.2) is 4.39 Å². The Kier molecular flexibility index (Phi) is 8.95. The van der Waals surface area contributed by atoms with Crippen molar-refractivity contribution in [2.45, 2.75) is 50.8 Å². The number of rotatable bonds is 6. The molecule has 2 aliphatic rings. The Balaban J connectivity index is 1.34. The van der Waals surface area contributed by atoms with Gasteiger partial charge in [0.1, 0.15) is 5.82 Å². The number of likely N-dealkylation sites (tertiary alicyclic amines) is 1. The lowest BCUT2D eigenvalue weighted by Crippen LogP contribution is -2.57. The number of anilines is 1. The van der Waals surface area contributed by atoms with Crippen molar-refractivity contribution in [2.75, 3.05) is 45.2 Å². The summed E-state index contributed by atoms with van der Waals surface area (Å²) in [5.74, 6) is -2.17. The Morgan fingerprint density at radius 2 is 1.68 bits per heavy atom. The molecule has 0 spiro atoms. The summed E-state index contributed by atoms with van der Waals surface area (Å²) in [5, 5.41) is 11.1. The molecule has 6 nitrogen and oxygen atoms in total. The van der Waals surface area contributed by atoms with Crippen molar-refractivity contribution in [1.29, 1.82) is 0 Å². The second-order valence-electron chi connectivity index (χ2n) is 11.8. The molecule has 0 unspecified atom stereocenters. The number of hydrogen-bond donors (Lipinski definition) is 1. The van der Waals surface area contributed by atoms with Gasteiger partial charge in [-0.1, -0.05) is 30.7 Å². The molecular formula is C30H36ClF4N3O3. The molecule has 0 aromatic heterocycles. The Morgan fingerprint density at radius 3 is 2.22 bits per heavy atom. The molecule has 2 amide bonds. The topological polar surface area (TPSA) is 64.1 Å². The molecule has 0 saturated carbocycles. The van der Waals surface area contributed by atoms with Crippen LogP contribution in [0.1, 0.15) is 54.9 Å². The van der Waals surface area contributed by atoms with Crippen molar-refractivity contribution >= 4 is 29.1 Å². The van der Waals surface area contributed by atoms with E-state index in [1.165, 1.54) is 4.90 Å². The van der Waals surface area contributed by atoms with Crippen molar-refractivity contribution in [3.8, 4) is 0 Å². The van der Waals surface area contributed by atoms with Crippen molar-refractivity contribution in [3.05, 3.63) is 64.4 Å². The third-order valence-corrected chi connectivity index (χ3v) is 8.88. The SMILES string of the molecule is CN(C)C(=O)c1ccc(N2CCC(CC3(C)CCN(C(=O)[C@](O)(c4cccc(F)c4)C(F)(F)F)CC3)CC2)cc1Cl. The van der Waals surface area contributed by atoms with Crippen molar-refractivity contribution in [1.82, 2.24) is 9.80 Å². The minimum atomic E-state index is -5.31. The van der Waals surface area contributed by atoms with Crippen molar-refractivity contribution < 1.29 is 32.3 Å². The van der Waals surface area contributed by atoms with Gasteiger partial charge in [0.2, 0.25) is 0 Å². The predicted molar refractivity (Wildman–Crippen MR) is 149 cm³/mol. The maximum atomic E-state index is 14.0. The van der Waals surface area contributed by atoms with Gasteiger partial charge < -0.3 is 19.8 Å². The molecule has 2 saturated heterocycles. The van der Waals surface area contributed by atoms with Crippen molar-refractivity contribution in [3.63, 3.8) is 0 Å². The number of aliphatic hydroxyl groups is 1. The number of amides is 2. The molecule has 2 heterocycles. The van der Waals surface area contributed by atoms with E-state index < -0.39 is 29.1 Å². The lowest BCUT2D eigenvalue weighted by atomic mass is 9.71. The van der Waals surface area contributed by atoms with Crippen LogP contribution in [0.15, 0.2) is 42.5 Å². The highest BCUT2D eigenvalue weighted by Gasteiger charge is 2.62. The zero-order valence-electron chi connectivity index (χ0n) is 23.5. The monoisotopic (exact) mass is 597 g/mol. The summed E-state index contributed by atoms with van der Waals surface area (Å²) in [4.78, 5) is 30.1. The van der Waals surface area contributed by atoms with Gasteiger partial charge in [-0.15, -0.1) is 0 Å². The van der Waals surface area contributed by atoms with Crippen LogP contribution in [0.3, 0.4) is 0 Å². The van der Waals surface area contributed by atoms with E-state index in [-0.39, 0.29) is 24.4 Å². The van der Waals surface area contributed by atoms with Crippen LogP contribution in [-0.2, 0) is 10.4 Å². The highest BCUT2D eigenvalue weighted by molar-refractivity contribution is 6.34. The molecule has 0 aliphatic carbocycles. The standard InChI is InChI=1S/C30H36ClF4N3O3/c1-28(19-20-9-13-37(14-10-20)23-7-8-24(25(31)18-23)26(39)36(2)3)11-15-38(16-12-28)27(40)29(41,30(33,34)35)21-5-4-6-22(32)17-21/h4-8,17-18,20,41H,9-16,19H2,1-3H3/t29-/m1/s1. The quantitative estimate of drug-likeness (QED) is 0.423. The van der Waals surface area contributed by atoms with Crippen LogP contribution in [0.2, 0.25) is 5.02 Å². The number of piperidine rings is 2. The second-order valence-corrected chi connectivity index (χ2v) is 12.2. The average Bonchev–Trinajstić information content (AvgIpc) is 2.92. The summed E-state index contributed by atoms with van der Waals surface area (Å²) in [6.07, 6.45) is -1.55. The second kappa shape index (κ2) is 11.8. The van der Waals surface area contributed by atoms with Gasteiger partial charge in [-0.05, 0) is 73.8 Å². The number of carbonyl (C=O) groups is 2. The maximum absolute atomic E-state index is 14.0. The predicted octanol–water partition coefficient (Wildman–Crippen LogP) is 5.87. The van der Waals surface area contributed by atoms with E-state index in [0.717, 1.165) is 61.1 Å². The van der Waals surface area contributed by atoms with Gasteiger partial charge in [-0.2, -0.15) is 13.2 Å². The normalized spacial score (nSPS) is 19.5. The highest BCUT2D eigenvalue weighted by atomic mass is 35.5. The fraction of sp³-hybridized carbons (Fsp3) is 0.533. The third kappa shape index (κ3) is 6.48. The molecule has 1 N–H and O–H groups in total. The molecular weight excluding hydrogens is 562 g/mol. The molecule has 2 fully saturated rings. The first-order valence-electron chi connectivity index (χ1n) is 13.8. The fourth-order valence-corrected chi connectivity index (χ4v) is 6.27. The summed E-state index contributed by atoms with van der Waals surface area (Å²) >= 11 is 6.40. The van der Waals surface area contributed by atoms with Crippen LogP contribution in [0.25, 0.3) is 0 Å². The van der Waals surface area contributed by atoms with Gasteiger partial charge in [0.15, 0.2) is 0 Å². The Morgan fingerprint density at radius 1 is 1.05 bits per heavy atom. The number of hydrogen-bond acceptors (Lipinski definition) is 4. The summed E-state index contributed by atoms with van der Waals surface area (Å²) in [5.41, 5.74) is -3.38. The molecule has 4 rings (SSSR count). The van der Waals surface area contributed by atoms with Crippen LogP contribution in [-0.4, -0.2) is 73.2 Å². The fourth-order valence-electron chi connectivity index (χ4n) is 6.01. The lowest BCUT2D eigenvalue weighted by molar-refractivity contribution is -0.262. The molecule has 0 radical (unpaired) electrons. The van der Waals surface area contributed by atoms with Crippen LogP contribution in [0.4, 0.5) is 23.2 Å². The molecule has 2 aromatic carbocycles. The zero-order chi connectivity index (χ0) is 30.2. The summed E-state index contributed by atoms with van der Waals surface area (Å²) < 4.78 is 55.7. The summed E-state index contributed by atoms with van der Waals surface area (Å²) in [6, 6.07) is 8.94. The molecule has 0 bridgehead atoms. The number of halogens is 5. The molecule has 1 atom stereocenters. The zero-order valence-corrected chi connectivity index (χ0v) is 24.2. The number of benzene rings is 2. The molecule has 11 heteroatoms. The van der Waals surface area contributed by atoms with Gasteiger partial charge in [-0.3, -0.25) is 9.59 Å². The minimum absolute atomic E-state index is 0.0817. The van der Waals surface area contributed by atoms with Gasteiger partial charge in [0, 0.05) is 51.5 Å². The first-order chi connectivity index (χ1) is 19.1. The average molecular weight is 598 g/mol. The lowest BCUT2D eigenvalue weighted by Gasteiger charge is -2.45. The summed E-state index contributed by atoms with van der Waals surface area (Å²) in [7, 11) is 3.35. The van der Waals surface area contributed by atoms with E-state index in [9.17, 15) is 32.3 Å². The van der Waals surface area contributed by atoms with E-state index >= 15 is 0 Å². The van der Waals surface area contributed by atoms with E-state index in [1.54, 1.807) is 20.2 Å². The first kappa shape index (κ1) is 31.1. The van der Waals surface area contributed by atoms with Crippen LogP contribution in [0, 0.1) is 17.2 Å².